The molecular weight excluding hydrogens is 258 g/mol. The molecule has 0 spiro atoms. The molecule has 2 N–H and O–H groups in total. The highest BCUT2D eigenvalue weighted by molar-refractivity contribution is 7.89. The van der Waals surface area contributed by atoms with Crippen molar-refractivity contribution in [3.63, 3.8) is 0 Å². The van der Waals surface area contributed by atoms with Gasteiger partial charge in [-0.05, 0) is 31.1 Å². The molecule has 19 heavy (non-hydrogen) atoms. The molecule has 0 amide bonds. The summed E-state index contributed by atoms with van der Waals surface area (Å²) in [6.07, 6.45) is 12.1. The lowest BCUT2D eigenvalue weighted by atomic mass is 9.82. The summed E-state index contributed by atoms with van der Waals surface area (Å²) in [4.78, 5) is 0. The Labute approximate surface area is 119 Å². The van der Waals surface area contributed by atoms with E-state index in [4.69, 9.17) is 5.14 Å². The zero-order valence-corrected chi connectivity index (χ0v) is 13.5. The van der Waals surface area contributed by atoms with Crippen LogP contribution in [0.3, 0.4) is 0 Å². The lowest BCUT2D eigenvalue weighted by Gasteiger charge is -2.24. The molecule has 1 unspecified atom stereocenters. The van der Waals surface area contributed by atoms with Gasteiger partial charge in [0.2, 0.25) is 10.0 Å². The van der Waals surface area contributed by atoms with Crippen molar-refractivity contribution in [2.75, 3.05) is 0 Å². The van der Waals surface area contributed by atoms with E-state index in [0.29, 0.717) is 5.41 Å². The molecule has 1 aliphatic rings. The minimum atomic E-state index is -3.35. The van der Waals surface area contributed by atoms with Gasteiger partial charge in [0, 0.05) is 0 Å². The SMILES string of the molecule is CC1(C)CCCCCCCC(S(N)(=O)=O)CCCC1. The third-order valence-electron chi connectivity index (χ3n) is 4.47. The Bertz CT molecular complexity index is 349. The topological polar surface area (TPSA) is 60.2 Å². The van der Waals surface area contributed by atoms with Crippen molar-refractivity contribution in [3.05, 3.63) is 0 Å². The zero-order chi connectivity index (χ0) is 14.4. The molecule has 0 aromatic rings. The molecule has 0 saturated heterocycles. The number of sulfonamides is 1. The van der Waals surface area contributed by atoms with Crippen LogP contribution in [-0.4, -0.2) is 13.7 Å². The lowest BCUT2D eigenvalue weighted by molar-refractivity contribution is 0.283. The smallest absolute Gasteiger partial charge is 0.211 e. The molecule has 114 valence electrons. The molecule has 1 atom stereocenters. The van der Waals surface area contributed by atoms with Crippen LogP contribution in [0.15, 0.2) is 0 Å². The number of primary sulfonamides is 1. The van der Waals surface area contributed by atoms with Crippen LogP contribution < -0.4 is 5.14 Å². The molecule has 1 saturated carbocycles. The van der Waals surface area contributed by atoms with E-state index in [-0.39, 0.29) is 5.25 Å². The van der Waals surface area contributed by atoms with Crippen molar-refractivity contribution in [1.82, 2.24) is 0 Å². The average Bonchev–Trinajstić information content (AvgIpc) is 2.29. The number of hydrogen-bond acceptors (Lipinski definition) is 2. The van der Waals surface area contributed by atoms with Crippen LogP contribution in [0.25, 0.3) is 0 Å². The van der Waals surface area contributed by atoms with Gasteiger partial charge in [0.25, 0.3) is 0 Å². The summed E-state index contributed by atoms with van der Waals surface area (Å²) < 4.78 is 23.2. The third kappa shape index (κ3) is 7.31. The monoisotopic (exact) mass is 289 g/mol. The molecule has 0 radical (unpaired) electrons. The Morgan fingerprint density at radius 2 is 1.26 bits per heavy atom. The van der Waals surface area contributed by atoms with E-state index in [9.17, 15) is 8.42 Å². The molecule has 0 heterocycles. The van der Waals surface area contributed by atoms with Gasteiger partial charge in [-0.1, -0.05) is 58.8 Å². The third-order valence-corrected chi connectivity index (χ3v) is 5.87. The van der Waals surface area contributed by atoms with E-state index in [1.54, 1.807) is 0 Å². The second-order valence-electron chi connectivity index (χ2n) is 6.93. The van der Waals surface area contributed by atoms with Gasteiger partial charge in [-0.25, -0.2) is 13.6 Å². The molecule has 4 heteroatoms. The van der Waals surface area contributed by atoms with Crippen LogP contribution in [0, 0.1) is 5.41 Å². The standard InChI is InChI=1S/C15H31NO2S/c1-15(2)12-8-5-3-4-6-10-14(19(16,17)18)11-7-9-13-15/h14H,3-13H2,1-2H3,(H2,16,17,18). The molecule has 1 aliphatic carbocycles. The van der Waals surface area contributed by atoms with E-state index in [1.807, 2.05) is 0 Å². The highest BCUT2D eigenvalue weighted by atomic mass is 32.2. The highest BCUT2D eigenvalue weighted by Crippen LogP contribution is 2.31. The molecule has 1 fully saturated rings. The summed E-state index contributed by atoms with van der Waals surface area (Å²) in [5, 5.41) is 5.04. The van der Waals surface area contributed by atoms with Gasteiger partial charge in [-0.3, -0.25) is 0 Å². The summed E-state index contributed by atoms with van der Waals surface area (Å²) >= 11 is 0. The molecule has 0 aromatic carbocycles. The maximum Gasteiger partial charge on any atom is 0.211 e. The predicted octanol–water partition coefficient (Wildman–Crippen LogP) is 3.97. The van der Waals surface area contributed by atoms with E-state index >= 15 is 0 Å². The van der Waals surface area contributed by atoms with Crippen molar-refractivity contribution in [2.24, 2.45) is 10.6 Å². The number of rotatable bonds is 1. The Hall–Kier alpha value is -0.0900. The van der Waals surface area contributed by atoms with Crippen LogP contribution in [0.1, 0.15) is 84.5 Å². The first-order chi connectivity index (χ1) is 8.81. The second-order valence-corrected chi connectivity index (χ2v) is 8.77. The fourth-order valence-electron chi connectivity index (χ4n) is 3.08. The lowest BCUT2D eigenvalue weighted by Crippen LogP contribution is -2.28. The van der Waals surface area contributed by atoms with Crippen molar-refractivity contribution < 1.29 is 8.42 Å². The number of hydrogen-bond donors (Lipinski definition) is 1. The van der Waals surface area contributed by atoms with E-state index in [0.717, 1.165) is 38.5 Å². The van der Waals surface area contributed by atoms with Crippen LogP contribution >= 0.6 is 0 Å². The highest BCUT2D eigenvalue weighted by Gasteiger charge is 2.22. The van der Waals surface area contributed by atoms with Crippen molar-refractivity contribution >= 4 is 10.0 Å². The van der Waals surface area contributed by atoms with Crippen LogP contribution in [0.5, 0.6) is 0 Å². The molecule has 0 bridgehead atoms. The number of nitrogens with two attached hydrogens (primary N) is 1. The molecule has 0 aromatic heterocycles. The van der Waals surface area contributed by atoms with Gasteiger partial charge < -0.3 is 0 Å². The first-order valence-electron chi connectivity index (χ1n) is 7.83. The Morgan fingerprint density at radius 3 is 1.84 bits per heavy atom. The van der Waals surface area contributed by atoms with Crippen LogP contribution in [0.4, 0.5) is 0 Å². The largest absolute Gasteiger partial charge is 0.228 e. The first-order valence-corrected chi connectivity index (χ1v) is 9.44. The zero-order valence-electron chi connectivity index (χ0n) is 12.7. The minimum Gasteiger partial charge on any atom is -0.228 e. The fraction of sp³-hybridized carbons (Fsp3) is 1.00. The van der Waals surface area contributed by atoms with Gasteiger partial charge in [0.05, 0.1) is 5.25 Å². The summed E-state index contributed by atoms with van der Waals surface area (Å²) in [5.41, 5.74) is 0.408. The maximum atomic E-state index is 11.6. The van der Waals surface area contributed by atoms with E-state index in [1.165, 1.54) is 32.1 Å². The molecular formula is C15H31NO2S. The molecule has 0 aliphatic heterocycles. The van der Waals surface area contributed by atoms with Gasteiger partial charge in [0.1, 0.15) is 0 Å². The summed E-state index contributed by atoms with van der Waals surface area (Å²) in [7, 11) is -3.35. The van der Waals surface area contributed by atoms with Gasteiger partial charge in [-0.2, -0.15) is 0 Å². The van der Waals surface area contributed by atoms with E-state index < -0.39 is 10.0 Å². The second kappa shape index (κ2) is 7.63. The minimum absolute atomic E-state index is 0.309. The Kier molecular flexibility index (Phi) is 6.81. The molecule has 1 rings (SSSR count). The summed E-state index contributed by atoms with van der Waals surface area (Å²) in [5.74, 6) is 0. The van der Waals surface area contributed by atoms with Crippen LogP contribution in [-0.2, 0) is 10.0 Å². The first kappa shape index (κ1) is 17.0. The van der Waals surface area contributed by atoms with Gasteiger partial charge in [0.15, 0.2) is 0 Å². The predicted molar refractivity (Wildman–Crippen MR) is 81.5 cm³/mol. The Morgan fingerprint density at radius 1 is 0.842 bits per heavy atom. The quantitative estimate of drug-likeness (QED) is 0.794. The Balaban J connectivity index is 2.55. The van der Waals surface area contributed by atoms with Crippen LogP contribution in [0.2, 0.25) is 0 Å². The van der Waals surface area contributed by atoms with Crippen molar-refractivity contribution in [2.45, 2.75) is 89.7 Å². The van der Waals surface area contributed by atoms with Gasteiger partial charge in [-0.15, -0.1) is 0 Å². The summed E-state index contributed by atoms with van der Waals surface area (Å²) in [6, 6.07) is 0. The van der Waals surface area contributed by atoms with Crippen molar-refractivity contribution in [3.8, 4) is 0 Å². The fourth-order valence-corrected chi connectivity index (χ4v) is 4.07. The normalized spacial score (nSPS) is 27.8. The van der Waals surface area contributed by atoms with E-state index in [2.05, 4.69) is 13.8 Å². The molecule has 3 nitrogen and oxygen atoms in total. The van der Waals surface area contributed by atoms with Crippen molar-refractivity contribution in [1.29, 1.82) is 0 Å². The maximum absolute atomic E-state index is 11.6. The summed E-state index contributed by atoms with van der Waals surface area (Å²) in [6.45, 7) is 4.67. The van der Waals surface area contributed by atoms with Gasteiger partial charge >= 0.3 is 0 Å². The average molecular weight is 289 g/mol.